The molecule has 2 atom stereocenters. The fourth-order valence-corrected chi connectivity index (χ4v) is 5.81. The maximum atomic E-state index is 13.2. The Balaban J connectivity index is 1.49. The van der Waals surface area contributed by atoms with Gasteiger partial charge >= 0.3 is 0 Å². The molecule has 0 bridgehead atoms. The number of carbonyl (C=O) groups is 2. The van der Waals surface area contributed by atoms with E-state index < -0.39 is 16.1 Å². The summed E-state index contributed by atoms with van der Waals surface area (Å²) < 4.78 is 33.2. The fraction of sp³-hybridized carbons (Fsp3) is 0.600. The SMILES string of the molecule is C[C@@H]1Oc2ccc(S(=O)(=O)N3CCC[C@@H](C(=O)NC4CCCC4)C3)cc2NC1=O. The molecule has 0 aromatic heterocycles. The van der Waals surface area contributed by atoms with Gasteiger partial charge in [0.15, 0.2) is 6.10 Å². The van der Waals surface area contributed by atoms with Crippen LogP contribution in [0.3, 0.4) is 0 Å². The van der Waals surface area contributed by atoms with E-state index in [4.69, 9.17) is 4.74 Å². The minimum Gasteiger partial charge on any atom is -0.479 e. The van der Waals surface area contributed by atoms with Crippen LogP contribution in [0.2, 0.25) is 0 Å². The van der Waals surface area contributed by atoms with Crippen LogP contribution < -0.4 is 15.4 Å². The first kappa shape index (κ1) is 20.2. The minimum atomic E-state index is -3.77. The molecule has 0 unspecified atom stereocenters. The molecule has 1 aromatic carbocycles. The fourth-order valence-electron chi connectivity index (χ4n) is 4.26. The van der Waals surface area contributed by atoms with E-state index in [0.717, 1.165) is 25.7 Å². The number of nitrogens with one attached hydrogen (secondary N) is 2. The molecule has 9 heteroatoms. The zero-order chi connectivity index (χ0) is 20.6. The molecule has 2 heterocycles. The second-order valence-corrected chi connectivity index (χ2v) is 10.0. The number of anilines is 1. The second-order valence-electron chi connectivity index (χ2n) is 8.10. The Morgan fingerprint density at radius 2 is 1.97 bits per heavy atom. The first-order valence-electron chi connectivity index (χ1n) is 10.3. The van der Waals surface area contributed by atoms with Crippen molar-refractivity contribution in [3.05, 3.63) is 18.2 Å². The average Bonchev–Trinajstić information content (AvgIpc) is 3.21. The van der Waals surface area contributed by atoms with Gasteiger partial charge in [-0.2, -0.15) is 4.31 Å². The molecule has 158 valence electrons. The first-order valence-corrected chi connectivity index (χ1v) is 11.7. The number of hydrogen-bond acceptors (Lipinski definition) is 5. The van der Waals surface area contributed by atoms with Crippen molar-refractivity contribution in [3.63, 3.8) is 0 Å². The number of rotatable bonds is 4. The second kappa shape index (κ2) is 7.95. The number of ether oxygens (including phenoxy) is 1. The van der Waals surface area contributed by atoms with Crippen molar-refractivity contribution < 1.29 is 22.7 Å². The van der Waals surface area contributed by atoms with Crippen LogP contribution in [0.1, 0.15) is 45.4 Å². The van der Waals surface area contributed by atoms with Crippen molar-refractivity contribution in [1.29, 1.82) is 0 Å². The maximum absolute atomic E-state index is 13.2. The normalized spacial score (nSPS) is 25.8. The number of nitrogens with zero attached hydrogens (tertiary/aromatic N) is 1. The van der Waals surface area contributed by atoms with Crippen LogP contribution >= 0.6 is 0 Å². The van der Waals surface area contributed by atoms with Gasteiger partial charge in [0.05, 0.1) is 16.5 Å². The van der Waals surface area contributed by atoms with Gasteiger partial charge in [-0.15, -0.1) is 0 Å². The van der Waals surface area contributed by atoms with Crippen LogP contribution in [0.15, 0.2) is 23.1 Å². The number of piperidine rings is 1. The number of hydrogen-bond donors (Lipinski definition) is 2. The first-order chi connectivity index (χ1) is 13.8. The van der Waals surface area contributed by atoms with E-state index in [1.807, 2.05) is 0 Å². The lowest BCUT2D eigenvalue weighted by molar-refractivity contribution is -0.126. The molecule has 1 aromatic rings. The van der Waals surface area contributed by atoms with Gasteiger partial charge in [0.25, 0.3) is 5.91 Å². The van der Waals surface area contributed by atoms with E-state index in [-0.39, 0.29) is 35.2 Å². The average molecular weight is 422 g/mol. The predicted octanol–water partition coefficient (Wildman–Crippen LogP) is 1.87. The summed E-state index contributed by atoms with van der Waals surface area (Å²) >= 11 is 0. The molecule has 4 rings (SSSR count). The quantitative estimate of drug-likeness (QED) is 0.772. The summed E-state index contributed by atoms with van der Waals surface area (Å²) in [5.41, 5.74) is 0.349. The summed E-state index contributed by atoms with van der Waals surface area (Å²) in [7, 11) is -3.77. The molecule has 2 fully saturated rings. The van der Waals surface area contributed by atoms with Crippen LogP contribution in [-0.2, 0) is 19.6 Å². The molecule has 3 aliphatic rings. The maximum Gasteiger partial charge on any atom is 0.265 e. The van der Waals surface area contributed by atoms with Crippen LogP contribution in [0.4, 0.5) is 5.69 Å². The zero-order valence-corrected chi connectivity index (χ0v) is 17.3. The van der Waals surface area contributed by atoms with Gasteiger partial charge in [0.1, 0.15) is 5.75 Å². The molecule has 8 nitrogen and oxygen atoms in total. The highest BCUT2D eigenvalue weighted by atomic mass is 32.2. The number of carbonyl (C=O) groups excluding carboxylic acids is 2. The van der Waals surface area contributed by atoms with Crippen molar-refractivity contribution in [2.75, 3.05) is 18.4 Å². The van der Waals surface area contributed by atoms with Gasteiger partial charge in [-0.1, -0.05) is 12.8 Å². The van der Waals surface area contributed by atoms with E-state index in [0.29, 0.717) is 30.8 Å². The van der Waals surface area contributed by atoms with Gasteiger partial charge < -0.3 is 15.4 Å². The summed E-state index contributed by atoms with van der Waals surface area (Å²) in [6.07, 6.45) is 4.98. The van der Waals surface area contributed by atoms with Crippen molar-refractivity contribution in [2.45, 2.75) is 62.5 Å². The molecule has 1 saturated heterocycles. The Bertz CT molecular complexity index is 911. The molecule has 2 amide bonds. The summed E-state index contributed by atoms with van der Waals surface area (Å²) in [4.78, 5) is 24.6. The van der Waals surface area contributed by atoms with E-state index in [1.165, 1.54) is 16.4 Å². The number of fused-ring (bicyclic) bond motifs is 1. The lowest BCUT2D eigenvalue weighted by Gasteiger charge is -2.32. The van der Waals surface area contributed by atoms with Crippen molar-refractivity contribution in [3.8, 4) is 5.75 Å². The topological polar surface area (TPSA) is 105 Å². The van der Waals surface area contributed by atoms with Crippen LogP contribution in [0.5, 0.6) is 5.75 Å². The molecular weight excluding hydrogens is 394 g/mol. The Hall–Kier alpha value is -2.13. The van der Waals surface area contributed by atoms with E-state index in [9.17, 15) is 18.0 Å². The lowest BCUT2D eigenvalue weighted by atomic mass is 9.98. The predicted molar refractivity (Wildman–Crippen MR) is 107 cm³/mol. The number of sulfonamides is 1. The monoisotopic (exact) mass is 421 g/mol. The van der Waals surface area contributed by atoms with Gasteiger partial charge in [-0.3, -0.25) is 9.59 Å². The number of benzene rings is 1. The molecule has 2 N–H and O–H groups in total. The Kier molecular flexibility index (Phi) is 5.52. The molecular formula is C20H27N3O5S. The van der Waals surface area contributed by atoms with Crippen molar-refractivity contribution in [1.82, 2.24) is 9.62 Å². The van der Waals surface area contributed by atoms with Crippen LogP contribution in [0, 0.1) is 5.92 Å². The Morgan fingerprint density at radius 3 is 2.72 bits per heavy atom. The van der Waals surface area contributed by atoms with Crippen molar-refractivity contribution >= 4 is 27.5 Å². The molecule has 29 heavy (non-hydrogen) atoms. The highest BCUT2D eigenvalue weighted by Crippen LogP contribution is 2.33. The Morgan fingerprint density at radius 1 is 1.21 bits per heavy atom. The molecule has 0 spiro atoms. The third-order valence-corrected chi connectivity index (χ3v) is 7.84. The summed E-state index contributed by atoms with van der Waals surface area (Å²) in [6.45, 7) is 2.19. The van der Waals surface area contributed by atoms with E-state index in [2.05, 4.69) is 10.6 Å². The van der Waals surface area contributed by atoms with E-state index in [1.54, 1.807) is 13.0 Å². The highest BCUT2D eigenvalue weighted by molar-refractivity contribution is 7.89. The van der Waals surface area contributed by atoms with Gasteiger partial charge in [0.2, 0.25) is 15.9 Å². The smallest absolute Gasteiger partial charge is 0.265 e. The van der Waals surface area contributed by atoms with Gasteiger partial charge in [0, 0.05) is 19.1 Å². The van der Waals surface area contributed by atoms with Crippen LogP contribution in [0.25, 0.3) is 0 Å². The standard InChI is InChI=1S/C20H27N3O5S/c1-13-19(24)22-17-11-16(8-9-18(17)28-13)29(26,27)23-10-4-5-14(12-23)20(25)21-15-6-2-3-7-15/h8-9,11,13-15H,2-7,10,12H2,1H3,(H,21,25)(H,22,24)/t13-,14+/m0/s1. The summed E-state index contributed by atoms with van der Waals surface area (Å²) in [5, 5.41) is 5.77. The number of amides is 2. The van der Waals surface area contributed by atoms with Gasteiger partial charge in [-0.25, -0.2) is 8.42 Å². The van der Waals surface area contributed by atoms with E-state index >= 15 is 0 Å². The molecule has 1 aliphatic carbocycles. The van der Waals surface area contributed by atoms with Crippen LogP contribution in [-0.4, -0.2) is 49.8 Å². The molecule has 0 radical (unpaired) electrons. The third-order valence-electron chi connectivity index (χ3n) is 5.98. The third kappa shape index (κ3) is 4.11. The summed E-state index contributed by atoms with van der Waals surface area (Å²) in [6, 6.07) is 4.70. The molecule has 2 aliphatic heterocycles. The minimum absolute atomic E-state index is 0.0445. The Labute approximate surface area is 171 Å². The van der Waals surface area contributed by atoms with Gasteiger partial charge in [-0.05, 0) is 50.8 Å². The lowest BCUT2D eigenvalue weighted by Crippen LogP contribution is -2.47. The highest BCUT2D eigenvalue weighted by Gasteiger charge is 2.35. The largest absolute Gasteiger partial charge is 0.479 e. The van der Waals surface area contributed by atoms with Crippen molar-refractivity contribution in [2.24, 2.45) is 5.92 Å². The zero-order valence-electron chi connectivity index (χ0n) is 16.5. The molecule has 1 saturated carbocycles. The summed E-state index contributed by atoms with van der Waals surface area (Å²) in [5.74, 6) is -0.241.